The molecule has 3 rings (SSSR count). The van der Waals surface area contributed by atoms with Gasteiger partial charge < -0.3 is 9.88 Å². The standard InChI is InChI=1S/C17H18N2OS/c1-3-12(2)18-17(20)15-8-9-16(21-15)19-11-10-13-6-4-5-7-14(13)19/h4-12H,3H2,1-2H3,(H,18,20). The number of hydrogen-bond donors (Lipinski definition) is 1. The Morgan fingerprint density at radius 3 is 2.86 bits per heavy atom. The fraction of sp³-hybridized carbons (Fsp3) is 0.235. The van der Waals surface area contributed by atoms with Crippen LogP contribution in [0.3, 0.4) is 0 Å². The van der Waals surface area contributed by atoms with Gasteiger partial charge in [-0.2, -0.15) is 0 Å². The molecule has 0 saturated carbocycles. The summed E-state index contributed by atoms with van der Waals surface area (Å²) in [6.07, 6.45) is 2.99. The van der Waals surface area contributed by atoms with Gasteiger partial charge in [0.15, 0.2) is 0 Å². The maximum Gasteiger partial charge on any atom is 0.261 e. The van der Waals surface area contributed by atoms with E-state index in [1.807, 2.05) is 37.4 Å². The van der Waals surface area contributed by atoms with Crippen molar-refractivity contribution in [2.45, 2.75) is 26.3 Å². The smallest absolute Gasteiger partial charge is 0.261 e. The summed E-state index contributed by atoms with van der Waals surface area (Å²) < 4.78 is 2.13. The number of carbonyl (C=O) groups is 1. The molecule has 0 saturated heterocycles. The summed E-state index contributed by atoms with van der Waals surface area (Å²) in [4.78, 5) is 12.9. The zero-order valence-electron chi connectivity index (χ0n) is 12.2. The van der Waals surface area contributed by atoms with Gasteiger partial charge in [-0.15, -0.1) is 11.3 Å². The number of amides is 1. The second-order valence-electron chi connectivity index (χ2n) is 5.17. The lowest BCUT2D eigenvalue weighted by atomic mass is 10.2. The first kappa shape index (κ1) is 13.9. The van der Waals surface area contributed by atoms with Gasteiger partial charge in [0, 0.05) is 12.2 Å². The number of benzene rings is 1. The number of thiophene rings is 1. The molecule has 0 spiro atoms. The molecule has 1 N–H and O–H groups in total. The Morgan fingerprint density at radius 1 is 1.24 bits per heavy atom. The molecule has 3 nitrogen and oxygen atoms in total. The first-order valence-corrected chi connectivity index (χ1v) is 7.98. The van der Waals surface area contributed by atoms with Gasteiger partial charge in [-0.3, -0.25) is 4.79 Å². The van der Waals surface area contributed by atoms with Crippen LogP contribution in [0.5, 0.6) is 0 Å². The number of nitrogens with one attached hydrogen (secondary N) is 1. The Morgan fingerprint density at radius 2 is 2.05 bits per heavy atom. The Balaban J connectivity index is 1.90. The Bertz CT molecular complexity index is 772. The highest BCUT2D eigenvalue weighted by atomic mass is 32.1. The molecule has 2 heterocycles. The number of aromatic nitrogens is 1. The van der Waals surface area contributed by atoms with Crippen molar-refractivity contribution < 1.29 is 4.79 Å². The van der Waals surface area contributed by atoms with Gasteiger partial charge >= 0.3 is 0 Å². The molecule has 0 aliphatic heterocycles. The van der Waals surface area contributed by atoms with E-state index in [0.29, 0.717) is 0 Å². The van der Waals surface area contributed by atoms with E-state index in [4.69, 9.17) is 0 Å². The monoisotopic (exact) mass is 298 g/mol. The summed E-state index contributed by atoms with van der Waals surface area (Å²) >= 11 is 1.52. The van der Waals surface area contributed by atoms with Gasteiger partial charge in [-0.1, -0.05) is 25.1 Å². The van der Waals surface area contributed by atoms with Gasteiger partial charge in [0.05, 0.1) is 10.4 Å². The zero-order chi connectivity index (χ0) is 14.8. The average Bonchev–Trinajstić information content (AvgIpc) is 3.13. The lowest BCUT2D eigenvalue weighted by molar-refractivity contribution is 0.0943. The Kier molecular flexibility index (Phi) is 3.80. The van der Waals surface area contributed by atoms with Crippen molar-refractivity contribution in [2.24, 2.45) is 0 Å². The average molecular weight is 298 g/mol. The summed E-state index contributed by atoms with van der Waals surface area (Å²) in [5.74, 6) is 0.0112. The van der Waals surface area contributed by atoms with Crippen molar-refractivity contribution in [3.63, 3.8) is 0 Å². The minimum Gasteiger partial charge on any atom is -0.349 e. The minimum absolute atomic E-state index is 0.0112. The molecule has 0 aliphatic carbocycles. The highest BCUT2D eigenvalue weighted by molar-refractivity contribution is 7.16. The summed E-state index contributed by atoms with van der Waals surface area (Å²) in [5, 5.41) is 5.27. The van der Waals surface area contributed by atoms with Crippen LogP contribution >= 0.6 is 11.3 Å². The fourth-order valence-corrected chi connectivity index (χ4v) is 3.16. The molecule has 1 atom stereocenters. The second-order valence-corrected chi connectivity index (χ2v) is 6.23. The van der Waals surface area contributed by atoms with Gasteiger partial charge in [0.1, 0.15) is 5.00 Å². The second kappa shape index (κ2) is 5.74. The number of fused-ring (bicyclic) bond motifs is 1. The molecule has 0 radical (unpaired) electrons. The maximum atomic E-state index is 12.2. The van der Waals surface area contributed by atoms with Crippen LogP contribution in [0.2, 0.25) is 0 Å². The molecule has 108 valence electrons. The molecule has 4 heteroatoms. The summed E-state index contributed by atoms with van der Waals surface area (Å²) in [6.45, 7) is 4.09. The normalized spacial score (nSPS) is 12.5. The van der Waals surface area contributed by atoms with Crippen molar-refractivity contribution in [3.8, 4) is 5.00 Å². The third-order valence-corrected chi connectivity index (χ3v) is 4.73. The predicted octanol–water partition coefficient (Wildman–Crippen LogP) is 4.22. The van der Waals surface area contributed by atoms with Crippen LogP contribution in [0.1, 0.15) is 29.9 Å². The molecule has 1 amide bonds. The zero-order valence-corrected chi connectivity index (χ0v) is 13.0. The van der Waals surface area contributed by atoms with Crippen LogP contribution in [0.25, 0.3) is 15.9 Å². The number of nitrogens with zero attached hydrogens (tertiary/aromatic N) is 1. The van der Waals surface area contributed by atoms with Crippen molar-refractivity contribution in [1.29, 1.82) is 0 Å². The van der Waals surface area contributed by atoms with Crippen molar-refractivity contribution >= 4 is 28.1 Å². The van der Waals surface area contributed by atoms with Gasteiger partial charge in [0.2, 0.25) is 0 Å². The molecule has 1 aromatic carbocycles. The van der Waals surface area contributed by atoms with E-state index in [1.165, 1.54) is 16.7 Å². The third-order valence-electron chi connectivity index (χ3n) is 3.64. The van der Waals surface area contributed by atoms with E-state index in [1.54, 1.807) is 0 Å². The van der Waals surface area contributed by atoms with Gasteiger partial charge in [-0.05, 0) is 43.0 Å². The van der Waals surface area contributed by atoms with Crippen LogP contribution in [0.4, 0.5) is 0 Å². The molecular formula is C17H18N2OS. The highest BCUT2D eigenvalue weighted by Crippen LogP contribution is 2.26. The van der Waals surface area contributed by atoms with E-state index in [-0.39, 0.29) is 11.9 Å². The number of hydrogen-bond acceptors (Lipinski definition) is 2. The summed E-state index contributed by atoms with van der Waals surface area (Å²) in [7, 11) is 0. The first-order valence-electron chi connectivity index (χ1n) is 7.16. The maximum absolute atomic E-state index is 12.2. The molecule has 0 aliphatic rings. The number of para-hydroxylation sites is 1. The topological polar surface area (TPSA) is 34.0 Å². The van der Waals surface area contributed by atoms with E-state index < -0.39 is 0 Å². The van der Waals surface area contributed by atoms with E-state index in [2.05, 4.69) is 35.0 Å². The van der Waals surface area contributed by atoms with E-state index in [9.17, 15) is 4.79 Å². The summed E-state index contributed by atoms with van der Waals surface area (Å²) in [5.41, 5.74) is 1.16. The van der Waals surface area contributed by atoms with Crippen molar-refractivity contribution in [3.05, 3.63) is 53.5 Å². The summed E-state index contributed by atoms with van der Waals surface area (Å²) in [6, 6.07) is 14.4. The van der Waals surface area contributed by atoms with E-state index >= 15 is 0 Å². The van der Waals surface area contributed by atoms with Crippen LogP contribution in [0.15, 0.2) is 48.7 Å². The Labute approximate surface area is 128 Å². The fourth-order valence-electron chi connectivity index (χ4n) is 2.25. The first-order chi connectivity index (χ1) is 10.2. The van der Waals surface area contributed by atoms with Crippen molar-refractivity contribution in [1.82, 2.24) is 9.88 Å². The molecular weight excluding hydrogens is 280 g/mol. The predicted molar refractivity (Wildman–Crippen MR) is 88.4 cm³/mol. The van der Waals surface area contributed by atoms with Crippen LogP contribution in [-0.2, 0) is 0 Å². The molecule has 1 unspecified atom stereocenters. The largest absolute Gasteiger partial charge is 0.349 e. The lowest BCUT2D eigenvalue weighted by Gasteiger charge is -2.09. The Hall–Kier alpha value is -2.07. The SMILES string of the molecule is CCC(C)NC(=O)c1ccc(-n2ccc3ccccc32)s1. The van der Waals surface area contributed by atoms with Crippen LogP contribution in [0, 0.1) is 0 Å². The molecule has 0 fully saturated rings. The van der Waals surface area contributed by atoms with Crippen LogP contribution < -0.4 is 5.32 Å². The van der Waals surface area contributed by atoms with Gasteiger partial charge in [-0.25, -0.2) is 0 Å². The molecule has 3 aromatic rings. The van der Waals surface area contributed by atoms with E-state index in [0.717, 1.165) is 21.8 Å². The quantitative estimate of drug-likeness (QED) is 0.769. The van der Waals surface area contributed by atoms with Crippen LogP contribution in [-0.4, -0.2) is 16.5 Å². The minimum atomic E-state index is 0.0112. The van der Waals surface area contributed by atoms with Crippen molar-refractivity contribution in [2.75, 3.05) is 0 Å². The lowest BCUT2D eigenvalue weighted by Crippen LogP contribution is -2.31. The van der Waals surface area contributed by atoms with Gasteiger partial charge in [0.25, 0.3) is 5.91 Å². The molecule has 2 aromatic heterocycles. The third kappa shape index (κ3) is 2.72. The molecule has 0 bridgehead atoms. The number of rotatable bonds is 4. The highest BCUT2D eigenvalue weighted by Gasteiger charge is 2.12. The number of carbonyl (C=O) groups excluding carboxylic acids is 1. The molecule has 21 heavy (non-hydrogen) atoms.